The van der Waals surface area contributed by atoms with Crippen LogP contribution in [-0.2, 0) is 16.1 Å². The summed E-state index contributed by atoms with van der Waals surface area (Å²) in [5.74, 6) is 0.516. The van der Waals surface area contributed by atoms with Gasteiger partial charge < -0.3 is 19.7 Å². The van der Waals surface area contributed by atoms with Crippen LogP contribution in [0.5, 0.6) is 11.5 Å². The second kappa shape index (κ2) is 8.73. The van der Waals surface area contributed by atoms with Gasteiger partial charge in [0.1, 0.15) is 0 Å². The average Bonchev–Trinajstić information content (AvgIpc) is 3.08. The Morgan fingerprint density at radius 1 is 1.21 bits per heavy atom. The molecular formula is C21H25N3O4. The molecule has 28 heavy (non-hydrogen) atoms. The predicted octanol–water partition coefficient (Wildman–Crippen LogP) is 2.32. The number of aromatic nitrogens is 1. The quantitative estimate of drug-likeness (QED) is 0.794. The highest BCUT2D eigenvalue weighted by molar-refractivity contribution is 5.90. The molecule has 0 bridgehead atoms. The summed E-state index contributed by atoms with van der Waals surface area (Å²) in [4.78, 5) is 31.4. The molecule has 1 N–H and O–H groups in total. The lowest BCUT2D eigenvalue weighted by atomic mass is 9.92. The largest absolute Gasteiger partial charge is 0.493 e. The van der Waals surface area contributed by atoms with E-state index in [1.807, 2.05) is 37.3 Å². The van der Waals surface area contributed by atoms with Crippen LogP contribution in [0, 0.1) is 5.92 Å². The van der Waals surface area contributed by atoms with Crippen molar-refractivity contribution in [1.29, 1.82) is 0 Å². The standard InChI is InChI=1S/C21H25N3O4/c1-4-24-19(25)12-16(21(26)23-13-15-7-5-6-10-22-15)20(24)14-8-9-17(27-2)18(11-14)28-3/h5-11,16,20H,4,12-13H2,1-3H3,(H,23,26)/t16-,20+/m1/s1. The number of nitrogens with one attached hydrogen (secondary N) is 1. The number of methoxy groups -OCH3 is 2. The van der Waals surface area contributed by atoms with Crippen LogP contribution < -0.4 is 14.8 Å². The van der Waals surface area contributed by atoms with Gasteiger partial charge in [0.05, 0.1) is 38.4 Å². The van der Waals surface area contributed by atoms with Crippen molar-refractivity contribution in [3.63, 3.8) is 0 Å². The van der Waals surface area contributed by atoms with Gasteiger partial charge in [-0.2, -0.15) is 0 Å². The van der Waals surface area contributed by atoms with E-state index < -0.39 is 5.92 Å². The minimum Gasteiger partial charge on any atom is -0.493 e. The molecule has 2 aromatic rings. The molecule has 3 rings (SSSR count). The van der Waals surface area contributed by atoms with Crippen LogP contribution in [0.15, 0.2) is 42.6 Å². The summed E-state index contributed by atoms with van der Waals surface area (Å²) in [6, 6.07) is 10.7. The fourth-order valence-electron chi connectivity index (χ4n) is 3.66. The first-order valence-electron chi connectivity index (χ1n) is 9.28. The smallest absolute Gasteiger partial charge is 0.226 e. The Balaban J connectivity index is 1.85. The Hall–Kier alpha value is -3.09. The number of amides is 2. The molecule has 148 valence electrons. The fourth-order valence-corrected chi connectivity index (χ4v) is 3.66. The topological polar surface area (TPSA) is 80.8 Å². The number of benzene rings is 1. The van der Waals surface area contributed by atoms with Crippen LogP contribution in [0.25, 0.3) is 0 Å². The molecule has 1 aromatic carbocycles. The zero-order valence-electron chi connectivity index (χ0n) is 16.3. The predicted molar refractivity (Wildman–Crippen MR) is 104 cm³/mol. The molecule has 2 amide bonds. The van der Waals surface area contributed by atoms with Crippen LogP contribution in [0.1, 0.15) is 30.6 Å². The van der Waals surface area contributed by atoms with E-state index in [0.717, 1.165) is 11.3 Å². The number of carbonyl (C=O) groups excluding carboxylic acids is 2. The van der Waals surface area contributed by atoms with Gasteiger partial charge >= 0.3 is 0 Å². The van der Waals surface area contributed by atoms with Gasteiger partial charge in [-0.15, -0.1) is 0 Å². The Bertz CT molecular complexity index is 841. The van der Waals surface area contributed by atoms with Crippen molar-refractivity contribution in [1.82, 2.24) is 15.2 Å². The third kappa shape index (κ3) is 3.93. The number of hydrogen-bond acceptors (Lipinski definition) is 5. The third-order valence-electron chi connectivity index (χ3n) is 5.03. The van der Waals surface area contributed by atoms with Gasteiger partial charge in [0, 0.05) is 19.2 Å². The van der Waals surface area contributed by atoms with Crippen molar-refractivity contribution in [2.75, 3.05) is 20.8 Å². The Morgan fingerprint density at radius 3 is 2.64 bits per heavy atom. The van der Waals surface area contributed by atoms with Crippen LogP contribution >= 0.6 is 0 Å². The summed E-state index contributed by atoms with van der Waals surface area (Å²) in [6.45, 7) is 2.77. The second-order valence-electron chi connectivity index (χ2n) is 6.59. The molecule has 2 heterocycles. The van der Waals surface area contributed by atoms with Crippen molar-refractivity contribution < 1.29 is 19.1 Å². The Morgan fingerprint density at radius 2 is 2.00 bits per heavy atom. The van der Waals surface area contributed by atoms with Gasteiger partial charge in [0.25, 0.3) is 0 Å². The van der Waals surface area contributed by atoms with Crippen molar-refractivity contribution in [2.45, 2.75) is 25.9 Å². The first-order valence-corrected chi connectivity index (χ1v) is 9.28. The summed E-state index contributed by atoms with van der Waals surface area (Å²) in [7, 11) is 3.14. The summed E-state index contributed by atoms with van der Waals surface area (Å²) in [6.07, 6.45) is 1.87. The van der Waals surface area contributed by atoms with Crippen molar-refractivity contribution in [3.8, 4) is 11.5 Å². The van der Waals surface area contributed by atoms with Crippen LogP contribution in [-0.4, -0.2) is 42.5 Å². The van der Waals surface area contributed by atoms with Gasteiger partial charge in [0.15, 0.2) is 11.5 Å². The number of likely N-dealkylation sites (tertiary alicyclic amines) is 1. The molecule has 0 aliphatic carbocycles. The maximum atomic E-state index is 12.9. The van der Waals surface area contributed by atoms with Gasteiger partial charge in [-0.25, -0.2) is 0 Å². The molecule has 7 nitrogen and oxygen atoms in total. The Labute approximate surface area is 164 Å². The van der Waals surface area contributed by atoms with Crippen molar-refractivity contribution in [3.05, 3.63) is 53.9 Å². The SMILES string of the molecule is CCN1C(=O)C[C@@H](C(=O)NCc2ccccn2)[C@@H]1c1ccc(OC)c(OC)c1. The van der Waals surface area contributed by atoms with Gasteiger partial charge in [-0.3, -0.25) is 14.6 Å². The van der Waals surface area contributed by atoms with E-state index in [9.17, 15) is 9.59 Å². The molecular weight excluding hydrogens is 358 g/mol. The minimum atomic E-state index is -0.478. The molecule has 1 aromatic heterocycles. The number of ether oxygens (including phenoxy) is 2. The average molecular weight is 383 g/mol. The Kier molecular flexibility index (Phi) is 6.13. The molecule has 0 spiro atoms. The lowest BCUT2D eigenvalue weighted by Gasteiger charge is -2.27. The van der Waals surface area contributed by atoms with E-state index in [0.29, 0.717) is 24.6 Å². The lowest BCUT2D eigenvalue weighted by molar-refractivity contribution is -0.129. The highest BCUT2D eigenvalue weighted by atomic mass is 16.5. The first-order chi connectivity index (χ1) is 13.6. The molecule has 0 saturated carbocycles. The van der Waals surface area contributed by atoms with E-state index >= 15 is 0 Å². The number of rotatable bonds is 7. The fraction of sp³-hybridized carbons (Fsp3) is 0.381. The molecule has 0 unspecified atom stereocenters. The minimum absolute atomic E-state index is 0.0275. The zero-order valence-corrected chi connectivity index (χ0v) is 16.3. The van der Waals surface area contributed by atoms with E-state index in [4.69, 9.17) is 9.47 Å². The van der Waals surface area contributed by atoms with Crippen LogP contribution in [0.4, 0.5) is 0 Å². The molecule has 1 saturated heterocycles. The molecule has 1 fully saturated rings. The van der Waals surface area contributed by atoms with E-state index in [1.165, 1.54) is 0 Å². The normalized spacial score (nSPS) is 18.8. The number of carbonyl (C=O) groups is 2. The second-order valence-corrected chi connectivity index (χ2v) is 6.59. The van der Waals surface area contributed by atoms with Crippen LogP contribution in [0.2, 0.25) is 0 Å². The molecule has 0 radical (unpaired) electrons. The van der Waals surface area contributed by atoms with E-state index in [-0.39, 0.29) is 24.3 Å². The molecule has 2 atom stereocenters. The maximum absolute atomic E-state index is 12.9. The van der Waals surface area contributed by atoms with Gasteiger partial charge in [-0.1, -0.05) is 12.1 Å². The van der Waals surface area contributed by atoms with Gasteiger partial charge in [0.2, 0.25) is 11.8 Å². The zero-order chi connectivity index (χ0) is 20.1. The number of nitrogens with zero attached hydrogens (tertiary/aromatic N) is 2. The van der Waals surface area contributed by atoms with Gasteiger partial charge in [-0.05, 0) is 36.8 Å². The third-order valence-corrected chi connectivity index (χ3v) is 5.03. The van der Waals surface area contributed by atoms with E-state index in [1.54, 1.807) is 31.4 Å². The molecule has 1 aliphatic rings. The van der Waals surface area contributed by atoms with Crippen LogP contribution in [0.3, 0.4) is 0 Å². The first kappa shape index (κ1) is 19.7. The lowest BCUT2D eigenvalue weighted by Crippen LogP contribution is -2.35. The highest BCUT2D eigenvalue weighted by Gasteiger charge is 2.43. The summed E-state index contributed by atoms with van der Waals surface area (Å²) < 4.78 is 10.7. The summed E-state index contributed by atoms with van der Waals surface area (Å²) in [5.41, 5.74) is 1.62. The molecule has 1 aliphatic heterocycles. The number of pyridine rings is 1. The highest BCUT2D eigenvalue weighted by Crippen LogP contribution is 2.41. The van der Waals surface area contributed by atoms with Crippen molar-refractivity contribution in [2.24, 2.45) is 5.92 Å². The number of hydrogen-bond donors (Lipinski definition) is 1. The van der Waals surface area contributed by atoms with Crippen molar-refractivity contribution >= 4 is 11.8 Å². The maximum Gasteiger partial charge on any atom is 0.226 e. The summed E-state index contributed by atoms with van der Waals surface area (Å²) in [5, 5.41) is 2.92. The molecule has 7 heteroatoms. The monoisotopic (exact) mass is 383 g/mol. The van der Waals surface area contributed by atoms with E-state index in [2.05, 4.69) is 10.3 Å². The summed E-state index contributed by atoms with van der Waals surface area (Å²) >= 11 is 0.